The summed E-state index contributed by atoms with van der Waals surface area (Å²) < 4.78 is 0. The Morgan fingerprint density at radius 2 is 2.15 bits per heavy atom. The van der Waals surface area contributed by atoms with Crippen molar-refractivity contribution in [2.24, 2.45) is 5.92 Å². The van der Waals surface area contributed by atoms with Gasteiger partial charge in [-0.15, -0.1) is 0 Å². The number of alkyl halides is 1. The molecule has 0 aliphatic carbocycles. The van der Waals surface area contributed by atoms with Gasteiger partial charge in [-0.3, -0.25) is 4.90 Å². The summed E-state index contributed by atoms with van der Waals surface area (Å²) >= 11 is 3.30. The van der Waals surface area contributed by atoms with E-state index in [-0.39, 0.29) is 6.10 Å². The van der Waals surface area contributed by atoms with Gasteiger partial charge in [0, 0.05) is 24.5 Å². The number of nitrogens with zero attached hydrogens (tertiary/aromatic N) is 1. The molecule has 0 amide bonds. The van der Waals surface area contributed by atoms with Crippen molar-refractivity contribution < 1.29 is 5.11 Å². The highest BCUT2D eigenvalue weighted by molar-refractivity contribution is 9.09. The minimum absolute atomic E-state index is 0.215. The number of β-amino-alcohol motifs (C(OH)–C–C–N with tert-alkyl or cyclic N) is 1. The molecule has 0 spiro atoms. The molecule has 13 heavy (non-hydrogen) atoms. The van der Waals surface area contributed by atoms with Crippen LogP contribution < -0.4 is 0 Å². The number of piperidine rings is 1. The molecule has 1 aliphatic heterocycles. The lowest BCUT2D eigenvalue weighted by Gasteiger charge is -2.37. The summed E-state index contributed by atoms with van der Waals surface area (Å²) in [5, 5.41) is 10.2. The van der Waals surface area contributed by atoms with Gasteiger partial charge in [-0.1, -0.05) is 22.9 Å². The summed E-state index contributed by atoms with van der Waals surface area (Å²) in [5.41, 5.74) is 0. The van der Waals surface area contributed by atoms with E-state index in [1.54, 1.807) is 0 Å². The third kappa shape index (κ3) is 3.56. The topological polar surface area (TPSA) is 23.5 Å². The van der Waals surface area contributed by atoms with E-state index in [0.29, 0.717) is 11.4 Å². The van der Waals surface area contributed by atoms with Gasteiger partial charge in [-0.05, 0) is 25.7 Å². The zero-order chi connectivity index (χ0) is 9.84. The van der Waals surface area contributed by atoms with Gasteiger partial charge >= 0.3 is 0 Å². The second-order valence-electron chi connectivity index (χ2n) is 4.29. The molecule has 78 valence electrons. The van der Waals surface area contributed by atoms with Crippen molar-refractivity contribution in [3.63, 3.8) is 0 Å². The van der Waals surface area contributed by atoms with Crippen LogP contribution in [-0.4, -0.2) is 40.6 Å². The normalized spacial score (nSPS) is 33.2. The first kappa shape index (κ1) is 11.5. The third-order valence-electron chi connectivity index (χ3n) is 2.87. The molecule has 1 heterocycles. The molecule has 3 atom stereocenters. The highest BCUT2D eigenvalue weighted by atomic mass is 79.9. The molecule has 1 N–H and O–H groups in total. The largest absolute Gasteiger partial charge is 0.391 e. The molecule has 1 saturated heterocycles. The Bertz CT molecular complexity index is 154. The summed E-state index contributed by atoms with van der Waals surface area (Å²) in [4.78, 5) is 2.40. The van der Waals surface area contributed by atoms with Gasteiger partial charge in [-0.2, -0.15) is 0 Å². The summed E-state index contributed by atoms with van der Waals surface area (Å²) in [6, 6.07) is 0.643. The van der Waals surface area contributed by atoms with Crippen LogP contribution in [0.2, 0.25) is 0 Å². The van der Waals surface area contributed by atoms with Gasteiger partial charge in [0.25, 0.3) is 0 Å². The molecule has 0 radical (unpaired) electrons. The molecule has 2 nitrogen and oxygen atoms in total. The highest BCUT2D eigenvalue weighted by Gasteiger charge is 2.23. The highest BCUT2D eigenvalue weighted by Crippen LogP contribution is 2.21. The fraction of sp³-hybridized carbons (Fsp3) is 1.00. The van der Waals surface area contributed by atoms with Crippen LogP contribution in [0.25, 0.3) is 0 Å². The Balaban J connectivity index is 2.37. The molecule has 3 unspecified atom stereocenters. The minimum atomic E-state index is -0.215. The van der Waals surface area contributed by atoms with Crippen LogP contribution in [0, 0.1) is 5.92 Å². The zero-order valence-corrected chi connectivity index (χ0v) is 10.1. The SMILES string of the molecule is CC1CCC(C)N(CC(O)CBr)C1. The van der Waals surface area contributed by atoms with Crippen LogP contribution in [0.5, 0.6) is 0 Å². The van der Waals surface area contributed by atoms with Crippen molar-refractivity contribution in [1.82, 2.24) is 4.90 Å². The van der Waals surface area contributed by atoms with E-state index in [9.17, 15) is 5.11 Å². The maximum atomic E-state index is 9.53. The molecule has 0 aromatic carbocycles. The lowest BCUT2D eigenvalue weighted by Crippen LogP contribution is -2.45. The Kier molecular flexibility index (Phi) is 4.70. The van der Waals surface area contributed by atoms with Crippen molar-refractivity contribution in [3.05, 3.63) is 0 Å². The van der Waals surface area contributed by atoms with E-state index < -0.39 is 0 Å². The summed E-state index contributed by atoms with van der Waals surface area (Å²) in [6.07, 6.45) is 2.39. The van der Waals surface area contributed by atoms with E-state index in [4.69, 9.17) is 0 Å². The second-order valence-corrected chi connectivity index (χ2v) is 4.94. The first-order valence-electron chi connectivity index (χ1n) is 5.11. The lowest BCUT2D eigenvalue weighted by molar-refractivity contribution is 0.0676. The minimum Gasteiger partial charge on any atom is -0.391 e. The van der Waals surface area contributed by atoms with Gasteiger partial charge in [0.15, 0.2) is 0 Å². The average molecular weight is 250 g/mol. The van der Waals surface area contributed by atoms with E-state index in [1.165, 1.54) is 12.8 Å². The monoisotopic (exact) mass is 249 g/mol. The number of hydrogen-bond acceptors (Lipinski definition) is 2. The van der Waals surface area contributed by atoms with Crippen LogP contribution in [-0.2, 0) is 0 Å². The van der Waals surface area contributed by atoms with Gasteiger partial charge in [-0.25, -0.2) is 0 Å². The third-order valence-corrected chi connectivity index (χ3v) is 3.62. The first-order chi connectivity index (χ1) is 6.13. The van der Waals surface area contributed by atoms with E-state index in [2.05, 4.69) is 34.7 Å². The summed E-state index contributed by atoms with van der Waals surface area (Å²) in [5.74, 6) is 0.790. The van der Waals surface area contributed by atoms with Crippen LogP contribution >= 0.6 is 15.9 Å². The Morgan fingerprint density at radius 1 is 1.46 bits per heavy atom. The van der Waals surface area contributed by atoms with Crippen molar-refractivity contribution >= 4 is 15.9 Å². The summed E-state index contributed by atoms with van der Waals surface area (Å²) in [6.45, 7) is 6.51. The summed E-state index contributed by atoms with van der Waals surface area (Å²) in [7, 11) is 0. The zero-order valence-electron chi connectivity index (χ0n) is 8.54. The molecular weight excluding hydrogens is 230 g/mol. The maximum absolute atomic E-state index is 9.53. The fourth-order valence-corrected chi connectivity index (χ4v) is 2.16. The number of aliphatic hydroxyl groups is 1. The van der Waals surface area contributed by atoms with Crippen LogP contribution in [0.3, 0.4) is 0 Å². The number of halogens is 1. The fourth-order valence-electron chi connectivity index (χ4n) is 1.95. The van der Waals surface area contributed by atoms with Gasteiger partial charge in [0.05, 0.1) is 6.10 Å². The number of likely N-dealkylation sites (tertiary alicyclic amines) is 1. The lowest BCUT2D eigenvalue weighted by atomic mass is 9.95. The van der Waals surface area contributed by atoms with Crippen molar-refractivity contribution in [1.29, 1.82) is 0 Å². The Morgan fingerprint density at radius 3 is 2.77 bits per heavy atom. The molecular formula is C10H20BrNO. The first-order valence-corrected chi connectivity index (χ1v) is 6.23. The van der Waals surface area contributed by atoms with Crippen LogP contribution in [0.1, 0.15) is 26.7 Å². The molecule has 0 aromatic rings. The van der Waals surface area contributed by atoms with E-state index in [0.717, 1.165) is 19.0 Å². The van der Waals surface area contributed by atoms with Gasteiger partial charge in [0.1, 0.15) is 0 Å². The number of hydrogen-bond donors (Lipinski definition) is 1. The molecule has 1 fully saturated rings. The standard InChI is InChI=1S/C10H20BrNO/c1-8-3-4-9(2)12(6-8)7-10(13)5-11/h8-10,13H,3-7H2,1-2H3. The van der Waals surface area contributed by atoms with Gasteiger partial charge in [0.2, 0.25) is 0 Å². The van der Waals surface area contributed by atoms with Crippen LogP contribution in [0.4, 0.5) is 0 Å². The maximum Gasteiger partial charge on any atom is 0.0763 e. The average Bonchev–Trinajstić information content (AvgIpc) is 2.11. The predicted octanol–water partition coefficient (Wildman–Crippen LogP) is 1.86. The molecule has 3 heteroatoms. The smallest absolute Gasteiger partial charge is 0.0763 e. The Hall–Kier alpha value is 0.400. The van der Waals surface area contributed by atoms with E-state index >= 15 is 0 Å². The van der Waals surface area contributed by atoms with Crippen molar-refractivity contribution in [2.45, 2.75) is 38.8 Å². The second kappa shape index (κ2) is 5.32. The molecule has 1 rings (SSSR count). The molecule has 0 aromatic heterocycles. The van der Waals surface area contributed by atoms with Gasteiger partial charge < -0.3 is 5.11 Å². The molecule has 0 saturated carbocycles. The molecule has 1 aliphatic rings. The van der Waals surface area contributed by atoms with E-state index in [1.807, 2.05) is 0 Å². The van der Waals surface area contributed by atoms with Crippen LogP contribution in [0.15, 0.2) is 0 Å². The molecule has 0 bridgehead atoms. The number of aliphatic hydroxyl groups excluding tert-OH is 1. The van der Waals surface area contributed by atoms with Crippen molar-refractivity contribution in [2.75, 3.05) is 18.4 Å². The predicted molar refractivity (Wildman–Crippen MR) is 59.2 cm³/mol. The number of rotatable bonds is 3. The Labute approximate surface area is 89.4 Å². The quantitative estimate of drug-likeness (QED) is 0.773. The van der Waals surface area contributed by atoms with Crippen molar-refractivity contribution in [3.8, 4) is 0 Å².